The van der Waals surface area contributed by atoms with Crippen molar-refractivity contribution in [3.63, 3.8) is 0 Å². The maximum Gasteiger partial charge on any atom is 0.329 e. The Morgan fingerprint density at radius 1 is 1.43 bits per heavy atom. The highest BCUT2D eigenvalue weighted by Gasteiger charge is 2.45. The lowest BCUT2D eigenvalue weighted by Gasteiger charge is -2.16. The second-order valence-corrected chi connectivity index (χ2v) is 5.99. The van der Waals surface area contributed by atoms with Crippen molar-refractivity contribution < 1.29 is 34.5 Å². The molecule has 1 fully saturated rings. The standard InChI is InChI=1S/C13H18N8O7/c14-5(1-21(26)19-25)13(24)27-2-6-8(22)9(23)12(28-6)20-4-18-7-10(15)16-3-17-11(7)20/h3-6,8-9,12,22-23,25H,1-2,14H2,(H2,15,16,17)/t5-,6+,8+,9+,12+/m0/s1. The van der Waals surface area contributed by atoms with Crippen LogP contribution in [0.1, 0.15) is 6.23 Å². The van der Waals surface area contributed by atoms with Gasteiger partial charge in [-0.05, 0) is 0 Å². The molecule has 15 nitrogen and oxygen atoms in total. The Morgan fingerprint density at radius 2 is 2.18 bits per heavy atom. The molecule has 0 radical (unpaired) electrons. The van der Waals surface area contributed by atoms with E-state index >= 15 is 0 Å². The van der Waals surface area contributed by atoms with E-state index in [9.17, 15) is 20.2 Å². The predicted octanol–water partition coefficient (Wildman–Crippen LogP) is -2.75. The molecule has 0 spiro atoms. The summed E-state index contributed by atoms with van der Waals surface area (Å²) in [5.41, 5.74) is 11.7. The fourth-order valence-corrected chi connectivity index (χ4v) is 2.70. The molecule has 2 aromatic rings. The highest BCUT2D eigenvalue weighted by Crippen LogP contribution is 2.32. The zero-order valence-electron chi connectivity index (χ0n) is 14.3. The number of esters is 1. The van der Waals surface area contributed by atoms with Crippen molar-refractivity contribution in [3.05, 3.63) is 17.9 Å². The zero-order chi connectivity index (χ0) is 20.4. The van der Waals surface area contributed by atoms with Gasteiger partial charge in [-0.25, -0.2) is 15.0 Å². The first-order chi connectivity index (χ1) is 13.3. The zero-order valence-corrected chi connectivity index (χ0v) is 14.3. The second kappa shape index (κ2) is 7.85. The highest BCUT2D eigenvalue weighted by molar-refractivity contribution is 5.81. The average Bonchev–Trinajstić information content (AvgIpc) is 3.22. The molecular formula is C13H18N8O7. The molecule has 152 valence electrons. The van der Waals surface area contributed by atoms with Crippen LogP contribution < -0.4 is 11.5 Å². The molecule has 0 amide bonds. The smallest absolute Gasteiger partial charge is 0.329 e. The first-order valence-electron chi connectivity index (χ1n) is 8.00. The number of hydrogen-bond acceptors (Lipinski definition) is 12. The average molecular weight is 398 g/mol. The third-order valence-corrected chi connectivity index (χ3v) is 4.14. The quantitative estimate of drug-likeness (QED) is 0.144. The summed E-state index contributed by atoms with van der Waals surface area (Å²) in [5.74, 6) is -0.842. The van der Waals surface area contributed by atoms with Crippen LogP contribution in [-0.4, -0.2) is 83.3 Å². The minimum absolute atomic E-state index is 0.137. The number of carbonyl (C=O) groups excluding carboxylic acids is 1. The van der Waals surface area contributed by atoms with Crippen LogP contribution in [0.15, 0.2) is 17.9 Å². The number of aromatic nitrogens is 4. The lowest BCUT2D eigenvalue weighted by molar-refractivity contribution is -0.556. The molecule has 0 bridgehead atoms. The van der Waals surface area contributed by atoms with Gasteiger partial charge in [0, 0.05) is 0 Å². The molecule has 3 heterocycles. The molecule has 2 aromatic heterocycles. The van der Waals surface area contributed by atoms with Crippen molar-refractivity contribution in [1.29, 1.82) is 0 Å². The molecule has 0 aromatic carbocycles. The number of nitrogens with zero attached hydrogens (tertiary/aromatic N) is 6. The normalized spacial score (nSPS) is 26.5. The monoisotopic (exact) mass is 398 g/mol. The Hall–Kier alpha value is -3.14. The van der Waals surface area contributed by atoms with Gasteiger partial charge in [-0.1, -0.05) is 4.86 Å². The number of hydrogen-bond donors (Lipinski definition) is 5. The number of hydroxylamine groups is 1. The Kier molecular flexibility index (Phi) is 5.50. The van der Waals surface area contributed by atoms with E-state index in [0.717, 1.165) is 0 Å². The molecule has 0 saturated carbocycles. The Labute approximate surface area is 156 Å². The van der Waals surface area contributed by atoms with Crippen LogP contribution in [0.4, 0.5) is 5.82 Å². The van der Waals surface area contributed by atoms with E-state index in [1.54, 1.807) is 0 Å². The number of imidazole rings is 1. The van der Waals surface area contributed by atoms with Crippen molar-refractivity contribution >= 4 is 23.0 Å². The molecule has 1 aliphatic rings. The summed E-state index contributed by atoms with van der Waals surface area (Å²) in [4.78, 5) is 23.5. The van der Waals surface area contributed by atoms with E-state index in [-0.39, 0.29) is 16.3 Å². The Bertz CT molecular complexity index is 889. The Balaban J connectivity index is 1.67. The Morgan fingerprint density at radius 3 is 2.89 bits per heavy atom. The SMILES string of the molecule is Nc1ncnc2c1ncn2[C@@H]1O[C@H](COC(=O)[C@@H](N)C[N+]([O-])=NO)[C@@H](O)[C@H]1O. The molecule has 15 heteroatoms. The highest BCUT2D eigenvalue weighted by atomic mass is 16.6. The maximum absolute atomic E-state index is 11.8. The fraction of sp³-hybridized carbons (Fsp3) is 0.538. The lowest BCUT2D eigenvalue weighted by Crippen LogP contribution is -2.41. The first-order valence-corrected chi connectivity index (χ1v) is 8.00. The topological polar surface area (TPSA) is 230 Å². The first kappa shape index (κ1) is 19.6. The molecule has 1 aliphatic heterocycles. The third kappa shape index (κ3) is 3.63. The number of rotatable bonds is 6. The van der Waals surface area contributed by atoms with Gasteiger partial charge >= 0.3 is 5.97 Å². The van der Waals surface area contributed by atoms with E-state index in [0.29, 0.717) is 5.52 Å². The van der Waals surface area contributed by atoms with Gasteiger partial charge in [0.1, 0.15) is 36.8 Å². The molecule has 7 N–H and O–H groups in total. The summed E-state index contributed by atoms with van der Waals surface area (Å²) in [6.45, 7) is -1.07. The number of anilines is 1. The van der Waals surface area contributed by atoms with Crippen molar-refractivity contribution in [2.75, 3.05) is 18.9 Å². The van der Waals surface area contributed by atoms with Gasteiger partial charge in [0.05, 0.1) is 6.33 Å². The number of aliphatic hydroxyl groups excluding tert-OH is 2. The van der Waals surface area contributed by atoms with Gasteiger partial charge in [0.2, 0.25) is 6.54 Å². The maximum atomic E-state index is 11.8. The van der Waals surface area contributed by atoms with E-state index in [1.165, 1.54) is 17.2 Å². The number of fused-ring (bicyclic) bond motifs is 1. The summed E-state index contributed by atoms with van der Waals surface area (Å²) in [6.07, 6.45) is -2.39. The number of ether oxygens (including phenoxy) is 2. The van der Waals surface area contributed by atoms with Crippen molar-refractivity contribution in [3.8, 4) is 0 Å². The molecule has 0 aliphatic carbocycles. The number of aliphatic hydroxyl groups is 2. The summed E-state index contributed by atoms with van der Waals surface area (Å²) < 4.78 is 11.9. The second-order valence-electron chi connectivity index (χ2n) is 5.99. The largest absolute Gasteiger partial charge is 0.597 e. The molecule has 3 rings (SSSR count). The summed E-state index contributed by atoms with van der Waals surface area (Å²) in [6, 6.07) is -1.38. The predicted molar refractivity (Wildman–Crippen MR) is 87.3 cm³/mol. The van der Waals surface area contributed by atoms with Crippen LogP contribution in [0.3, 0.4) is 0 Å². The van der Waals surface area contributed by atoms with Gasteiger partial charge in [0.15, 0.2) is 29.0 Å². The van der Waals surface area contributed by atoms with Crippen LogP contribution in [0, 0.1) is 5.21 Å². The summed E-state index contributed by atoms with van der Waals surface area (Å²) >= 11 is 0. The van der Waals surface area contributed by atoms with Gasteiger partial charge in [-0.2, -0.15) is 0 Å². The van der Waals surface area contributed by atoms with E-state index in [2.05, 4.69) is 20.2 Å². The van der Waals surface area contributed by atoms with Gasteiger partial charge in [-0.3, -0.25) is 9.36 Å². The number of nitrogens with two attached hydrogens (primary N) is 2. The van der Waals surface area contributed by atoms with Gasteiger partial charge < -0.3 is 41.6 Å². The number of carbonyl (C=O) groups is 1. The van der Waals surface area contributed by atoms with Crippen molar-refractivity contribution in [1.82, 2.24) is 19.5 Å². The molecule has 28 heavy (non-hydrogen) atoms. The van der Waals surface area contributed by atoms with E-state index < -0.39 is 49.7 Å². The minimum atomic E-state index is -1.39. The van der Waals surface area contributed by atoms with Gasteiger partial charge in [0.25, 0.3) is 0 Å². The van der Waals surface area contributed by atoms with E-state index in [1.807, 2.05) is 0 Å². The van der Waals surface area contributed by atoms with Crippen LogP contribution in [0.2, 0.25) is 0 Å². The molecular weight excluding hydrogens is 380 g/mol. The summed E-state index contributed by atoms with van der Waals surface area (Å²) in [7, 11) is 0. The molecule has 0 unspecified atom stereocenters. The third-order valence-electron chi connectivity index (χ3n) is 4.14. The molecule has 5 atom stereocenters. The minimum Gasteiger partial charge on any atom is -0.597 e. The van der Waals surface area contributed by atoms with E-state index in [4.69, 9.17) is 26.1 Å². The van der Waals surface area contributed by atoms with Gasteiger partial charge in [-0.15, -0.1) is 0 Å². The van der Waals surface area contributed by atoms with Crippen LogP contribution in [0.5, 0.6) is 0 Å². The lowest BCUT2D eigenvalue weighted by atomic mass is 10.1. The molecule has 1 saturated heterocycles. The fourth-order valence-electron chi connectivity index (χ4n) is 2.70. The van der Waals surface area contributed by atoms with Crippen LogP contribution >= 0.6 is 0 Å². The van der Waals surface area contributed by atoms with Crippen LogP contribution in [-0.2, 0) is 14.3 Å². The summed E-state index contributed by atoms with van der Waals surface area (Å²) in [5, 5.41) is 41.9. The van der Waals surface area contributed by atoms with Crippen molar-refractivity contribution in [2.45, 2.75) is 30.6 Å². The van der Waals surface area contributed by atoms with Crippen LogP contribution in [0.25, 0.3) is 11.2 Å². The number of nitrogen functional groups attached to an aromatic ring is 1. The van der Waals surface area contributed by atoms with Crippen molar-refractivity contribution in [2.24, 2.45) is 11.0 Å².